The summed E-state index contributed by atoms with van der Waals surface area (Å²) in [4.78, 5) is 46.3. The zero-order valence-electron chi connectivity index (χ0n) is 21.8. The van der Waals surface area contributed by atoms with Crippen LogP contribution in [0, 0.1) is 0 Å². The number of nitrogens with one attached hydrogen (secondary N) is 2. The summed E-state index contributed by atoms with van der Waals surface area (Å²) in [6, 6.07) is 15.1. The van der Waals surface area contributed by atoms with Crippen LogP contribution in [-0.4, -0.2) is 60.2 Å². The Kier molecular flexibility index (Phi) is 7.61. The number of hydrogen-bond acceptors (Lipinski definition) is 7. The van der Waals surface area contributed by atoms with Crippen LogP contribution in [-0.2, 0) is 33.8 Å². The number of phenolic OH excluding ortho intramolecular Hbond substituents is 2. The number of fused-ring (bicyclic) bond motifs is 2. The molecule has 0 bridgehead atoms. The van der Waals surface area contributed by atoms with Crippen LogP contribution in [0.5, 0.6) is 11.5 Å². The number of carbonyl (C=O) groups excluding carboxylic acids is 2. The molecule has 11 heteroatoms. The number of H-pyrrole nitrogens is 2. The number of hydrogen-bond donors (Lipinski definition) is 6. The number of phenols is 2. The van der Waals surface area contributed by atoms with E-state index in [0.29, 0.717) is 43.4 Å². The van der Waals surface area contributed by atoms with Gasteiger partial charge in [0.25, 0.3) is 0 Å². The van der Waals surface area contributed by atoms with Gasteiger partial charge < -0.3 is 35.8 Å². The van der Waals surface area contributed by atoms with Crippen molar-refractivity contribution in [3.8, 4) is 11.5 Å². The number of nitrogens with zero attached hydrogens (tertiary/aromatic N) is 1. The molecule has 5 rings (SSSR count). The molecule has 0 spiro atoms. The summed E-state index contributed by atoms with van der Waals surface area (Å²) in [5.41, 5.74) is 9.38. The summed E-state index contributed by atoms with van der Waals surface area (Å²) in [6.45, 7) is -0.187. The quantitative estimate of drug-likeness (QED) is 0.158. The lowest BCUT2D eigenvalue weighted by molar-refractivity contribution is -0.149. The standard InChI is InChI=1S/C30H28N4O7/c31-24(10-18-14-32-25-8-6-20(35)12-22(18)25)28(37)34(30(40)41-16-17-4-2-1-3-5-17)27(29(38)39)11-19-15-33-26-9-7-21(36)13-23(19)26/h1-9,12-15,24,27,32-33,35-36H,10-11,16,31H2,(H,38,39)/t24-,27-/m0/s1. The smallest absolute Gasteiger partial charge is 0.417 e. The molecule has 11 nitrogen and oxygen atoms in total. The molecule has 2 amide bonds. The van der Waals surface area contributed by atoms with Gasteiger partial charge in [-0.2, -0.15) is 0 Å². The van der Waals surface area contributed by atoms with E-state index in [1.807, 2.05) is 0 Å². The Morgan fingerprint density at radius 3 is 1.95 bits per heavy atom. The number of carboxylic acids is 1. The third-order valence-electron chi connectivity index (χ3n) is 6.91. The molecule has 0 aliphatic heterocycles. The van der Waals surface area contributed by atoms with Crippen LogP contribution in [0.4, 0.5) is 4.79 Å². The van der Waals surface area contributed by atoms with Crippen LogP contribution in [0.15, 0.2) is 79.1 Å². The summed E-state index contributed by atoms with van der Waals surface area (Å²) in [5.74, 6) is -2.37. The number of ether oxygens (including phenoxy) is 1. The van der Waals surface area contributed by atoms with Gasteiger partial charge in [-0.3, -0.25) is 4.79 Å². The maximum Gasteiger partial charge on any atom is 0.417 e. The van der Waals surface area contributed by atoms with Crippen LogP contribution < -0.4 is 5.73 Å². The number of carbonyl (C=O) groups is 3. The van der Waals surface area contributed by atoms with Gasteiger partial charge in [0, 0.05) is 40.6 Å². The largest absolute Gasteiger partial charge is 0.508 e. The maximum absolute atomic E-state index is 13.7. The molecule has 0 unspecified atom stereocenters. The predicted octanol–water partition coefficient (Wildman–Crippen LogP) is 3.79. The molecule has 0 aliphatic carbocycles. The van der Waals surface area contributed by atoms with Crippen LogP contribution in [0.3, 0.4) is 0 Å². The highest BCUT2D eigenvalue weighted by Gasteiger charge is 2.39. The van der Waals surface area contributed by atoms with Gasteiger partial charge in [0.15, 0.2) is 0 Å². The molecule has 2 heterocycles. The number of rotatable bonds is 9. The van der Waals surface area contributed by atoms with Crippen molar-refractivity contribution in [2.45, 2.75) is 31.5 Å². The zero-order valence-corrected chi connectivity index (χ0v) is 21.8. The second kappa shape index (κ2) is 11.4. The van der Waals surface area contributed by atoms with Crippen molar-refractivity contribution in [2.75, 3.05) is 0 Å². The van der Waals surface area contributed by atoms with Crippen molar-refractivity contribution in [3.63, 3.8) is 0 Å². The average molecular weight is 557 g/mol. The molecule has 0 aliphatic rings. The number of nitrogens with two attached hydrogens (primary N) is 1. The van der Waals surface area contributed by atoms with E-state index in [4.69, 9.17) is 10.5 Å². The Morgan fingerprint density at radius 2 is 1.39 bits per heavy atom. The second-order valence-electron chi connectivity index (χ2n) is 9.70. The fraction of sp³-hybridized carbons (Fsp3) is 0.167. The molecule has 0 fully saturated rings. The Labute approximate surface area is 233 Å². The molecule has 0 saturated heterocycles. The van der Waals surface area contributed by atoms with E-state index in [9.17, 15) is 29.7 Å². The number of aliphatic carboxylic acids is 1. The highest BCUT2D eigenvalue weighted by atomic mass is 16.6. The molecule has 0 saturated carbocycles. The van der Waals surface area contributed by atoms with E-state index >= 15 is 0 Å². The van der Waals surface area contributed by atoms with E-state index in [1.165, 1.54) is 24.3 Å². The molecule has 2 atom stereocenters. The monoisotopic (exact) mass is 556 g/mol. The minimum Gasteiger partial charge on any atom is -0.508 e. The SMILES string of the molecule is N[C@@H](Cc1c[nH]c2ccc(O)cc12)C(=O)N(C(=O)OCc1ccccc1)[C@@H](Cc1c[nH]c2ccc(O)cc12)C(=O)O. The number of aromatic amines is 2. The number of aromatic hydroxyl groups is 2. The molecule has 41 heavy (non-hydrogen) atoms. The van der Waals surface area contributed by atoms with E-state index in [0.717, 1.165) is 0 Å². The van der Waals surface area contributed by atoms with Gasteiger partial charge in [0.1, 0.15) is 24.1 Å². The van der Waals surface area contributed by atoms with Crippen molar-refractivity contribution < 1.29 is 34.4 Å². The van der Waals surface area contributed by atoms with Gasteiger partial charge >= 0.3 is 12.1 Å². The molecule has 7 N–H and O–H groups in total. The highest BCUT2D eigenvalue weighted by Crippen LogP contribution is 2.27. The molecule has 210 valence electrons. The zero-order chi connectivity index (χ0) is 29.1. The van der Waals surface area contributed by atoms with Crippen molar-refractivity contribution in [1.29, 1.82) is 0 Å². The number of aromatic nitrogens is 2. The van der Waals surface area contributed by atoms with Crippen LogP contribution in [0.2, 0.25) is 0 Å². The molecule has 2 aromatic heterocycles. The second-order valence-corrected chi connectivity index (χ2v) is 9.70. The lowest BCUT2D eigenvalue weighted by atomic mass is 10.0. The van der Waals surface area contributed by atoms with Crippen molar-refractivity contribution in [1.82, 2.24) is 14.9 Å². The van der Waals surface area contributed by atoms with Gasteiger partial charge in [0.05, 0.1) is 6.04 Å². The summed E-state index contributed by atoms with van der Waals surface area (Å²) in [5, 5.41) is 31.3. The molecule has 0 radical (unpaired) electrons. The van der Waals surface area contributed by atoms with Crippen molar-refractivity contribution >= 4 is 39.8 Å². The minimum absolute atomic E-state index is 0.0211. The Bertz CT molecular complexity index is 1730. The Morgan fingerprint density at radius 1 is 0.829 bits per heavy atom. The summed E-state index contributed by atoms with van der Waals surface area (Å²) >= 11 is 0. The van der Waals surface area contributed by atoms with Crippen molar-refractivity contribution in [2.24, 2.45) is 5.73 Å². The molecular weight excluding hydrogens is 528 g/mol. The van der Waals surface area contributed by atoms with E-state index < -0.39 is 30.1 Å². The molecule has 5 aromatic rings. The third kappa shape index (κ3) is 5.85. The normalized spacial score (nSPS) is 12.7. The third-order valence-corrected chi connectivity index (χ3v) is 6.91. The minimum atomic E-state index is -1.66. The van der Waals surface area contributed by atoms with Gasteiger partial charge in [-0.05, 0) is 59.5 Å². The summed E-state index contributed by atoms with van der Waals surface area (Å²) in [7, 11) is 0. The van der Waals surface area contributed by atoms with Crippen LogP contribution in [0.1, 0.15) is 16.7 Å². The number of amides is 2. The fourth-order valence-electron chi connectivity index (χ4n) is 4.83. The van der Waals surface area contributed by atoms with E-state index in [-0.39, 0.29) is 30.9 Å². The number of benzene rings is 3. The van der Waals surface area contributed by atoms with Gasteiger partial charge in [-0.1, -0.05) is 30.3 Å². The maximum atomic E-state index is 13.7. The first-order valence-corrected chi connectivity index (χ1v) is 12.8. The van der Waals surface area contributed by atoms with E-state index in [2.05, 4.69) is 9.97 Å². The van der Waals surface area contributed by atoms with E-state index in [1.54, 1.807) is 54.9 Å². The van der Waals surface area contributed by atoms with Gasteiger partial charge in [-0.25, -0.2) is 14.5 Å². The van der Waals surface area contributed by atoms with Crippen LogP contribution in [0.25, 0.3) is 21.8 Å². The fourth-order valence-corrected chi connectivity index (χ4v) is 4.83. The Hall–Kier alpha value is -5.29. The first kappa shape index (κ1) is 27.3. The van der Waals surface area contributed by atoms with Gasteiger partial charge in [-0.15, -0.1) is 0 Å². The first-order valence-electron chi connectivity index (χ1n) is 12.8. The summed E-state index contributed by atoms with van der Waals surface area (Å²) < 4.78 is 5.40. The number of imide groups is 1. The van der Waals surface area contributed by atoms with Crippen molar-refractivity contribution in [3.05, 3.63) is 95.8 Å². The summed E-state index contributed by atoms with van der Waals surface area (Å²) in [6.07, 6.45) is 1.75. The molecular formula is C30H28N4O7. The topological polar surface area (TPSA) is 182 Å². The highest BCUT2D eigenvalue weighted by molar-refractivity contribution is 5.99. The van der Waals surface area contributed by atoms with Gasteiger partial charge in [0.2, 0.25) is 5.91 Å². The number of carboxylic acid groups (broad SMARTS) is 1. The Balaban J connectivity index is 1.46. The predicted molar refractivity (Wildman–Crippen MR) is 150 cm³/mol. The first-order chi connectivity index (χ1) is 19.7. The average Bonchev–Trinajstić information content (AvgIpc) is 3.54. The molecule has 3 aromatic carbocycles. The van der Waals surface area contributed by atoms with Crippen LogP contribution >= 0.6 is 0 Å². The lowest BCUT2D eigenvalue weighted by Crippen LogP contribution is -2.55. The lowest BCUT2D eigenvalue weighted by Gasteiger charge is -2.28.